The van der Waals surface area contributed by atoms with E-state index in [0.29, 0.717) is 5.54 Å². The van der Waals surface area contributed by atoms with Gasteiger partial charge in [-0.1, -0.05) is 91.4 Å². The summed E-state index contributed by atoms with van der Waals surface area (Å²) in [5.41, 5.74) is 0.474. The molecule has 0 bridgehead atoms. The molecule has 1 aliphatic heterocycles. The third-order valence-corrected chi connectivity index (χ3v) is 7.18. The van der Waals surface area contributed by atoms with E-state index in [9.17, 15) is 0 Å². The predicted octanol–water partition coefficient (Wildman–Crippen LogP) is 7.24. The fourth-order valence-electron chi connectivity index (χ4n) is 5.65. The molecular formula is C23H45N. The Balaban J connectivity index is 1.95. The van der Waals surface area contributed by atoms with Gasteiger partial charge < -0.3 is 5.32 Å². The van der Waals surface area contributed by atoms with Crippen LogP contribution >= 0.6 is 0 Å². The lowest BCUT2D eigenvalue weighted by Gasteiger charge is -2.52. The number of unbranched alkanes of at least 4 members (excludes halogenated alkanes) is 6. The van der Waals surface area contributed by atoms with E-state index in [4.69, 9.17) is 0 Å². The Labute approximate surface area is 152 Å². The SMILES string of the molecule is CCCCCCC1CC(CC)(CCCCCC)NC2CCCCC12. The fraction of sp³-hybridized carbons (Fsp3) is 1.00. The Hall–Kier alpha value is -0.0400. The molecule has 1 heterocycles. The largest absolute Gasteiger partial charge is 0.308 e. The number of hydrogen-bond donors (Lipinski definition) is 1. The second-order valence-electron chi connectivity index (χ2n) is 8.96. The highest BCUT2D eigenvalue weighted by molar-refractivity contribution is 5.01. The summed E-state index contributed by atoms with van der Waals surface area (Å²) in [4.78, 5) is 0. The molecular weight excluding hydrogens is 290 g/mol. The maximum Gasteiger partial charge on any atom is 0.0184 e. The molecule has 24 heavy (non-hydrogen) atoms. The number of fused-ring (bicyclic) bond motifs is 1. The molecule has 1 aliphatic carbocycles. The van der Waals surface area contributed by atoms with Gasteiger partial charge in [0.05, 0.1) is 0 Å². The minimum absolute atomic E-state index is 0.474. The minimum atomic E-state index is 0.474. The smallest absolute Gasteiger partial charge is 0.0184 e. The van der Waals surface area contributed by atoms with Crippen LogP contribution in [0.1, 0.15) is 124 Å². The Kier molecular flexibility index (Phi) is 9.16. The van der Waals surface area contributed by atoms with Gasteiger partial charge in [0.15, 0.2) is 0 Å². The van der Waals surface area contributed by atoms with Crippen LogP contribution in [0.5, 0.6) is 0 Å². The molecule has 0 radical (unpaired) electrons. The van der Waals surface area contributed by atoms with Gasteiger partial charge in [-0.15, -0.1) is 0 Å². The molecule has 1 nitrogen and oxygen atoms in total. The van der Waals surface area contributed by atoms with Crippen molar-refractivity contribution in [3.63, 3.8) is 0 Å². The van der Waals surface area contributed by atoms with Crippen LogP contribution in [-0.4, -0.2) is 11.6 Å². The molecule has 4 unspecified atom stereocenters. The molecule has 1 saturated heterocycles. The fourth-order valence-corrected chi connectivity index (χ4v) is 5.65. The van der Waals surface area contributed by atoms with Crippen LogP contribution in [0.15, 0.2) is 0 Å². The van der Waals surface area contributed by atoms with E-state index in [1.807, 2.05) is 0 Å². The van der Waals surface area contributed by atoms with Crippen molar-refractivity contribution in [2.75, 3.05) is 0 Å². The molecule has 0 amide bonds. The summed E-state index contributed by atoms with van der Waals surface area (Å²) in [6.07, 6.45) is 23.1. The first-order valence-electron chi connectivity index (χ1n) is 11.5. The van der Waals surface area contributed by atoms with Gasteiger partial charge in [0.1, 0.15) is 0 Å². The summed E-state index contributed by atoms with van der Waals surface area (Å²) in [6.45, 7) is 7.11. The highest BCUT2D eigenvalue weighted by Gasteiger charge is 2.44. The van der Waals surface area contributed by atoms with Crippen LogP contribution in [0.25, 0.3) is 0 Å². The average Bonchev–Trinajstić information content (AvgIpc) is 2.62. The first-order chi connectivity index (χ1) is 11.7. The molecule has 0 spiro atoms. The lowest BCUT2D eigenvalue weighted by atomic mass is 9.64. The highest BCUT2D eigenvalue weighted by Crippen LogP contribution is 2.44. The van der Waals surface area contributed by atoms with E-state index in [1.54, 1.807) is 0 Å². The van der Waals surface area contributed by atoms with Crippen LogP contribution in [0.2, 0.25) is 0 Å². The lowest BCUT2D eigenvalue weighted by Crippen LogP contribution is -2.60. The van der Waals surface area contributed by atoms with Crippen molar-refractivity contribution in [3.05, 3.63) is 0 Å². The highest BCUT2D eigenvalue weighted by atomic mass is 15.0. The summed E-state index contributed by atoms with van der Waals surface area (Å²) in [6, 6.07) is 0.842. The standard InChI is InChI=1S/C23H45N/c1-4-7-9-11-15-20-19-23(6-3,18-14-10-8-5-2)24-22-17-13-12-16-21(20)22/h20-22,24H,4-19H2,1-3H3. The van der Waals surface area contributed by atoms with Gasteiger partial charge in [0.2, 0.25) is 0 Å². The van der Waals surface area contributed by atoms with Crippen LogP contribution in [0, 0.1) is 11.8 Å². The lowest BCUT2D eigenvalue weighted by molar-refractivity contribution is 0.0428. The van der Waals surface area contributed by atoms with Crippen molar-refractivity contribution < 1.29 is 0 Å². The molecule has 1 saturated carbocycles. The summed E-state index contributed by atoms with van der Waals surface area (Å²) in [5.74, 6) is 2.01. The van der Waals surface area contributed by atoms with Gasteiger partial charge in [0, 0.05) is 11.6 Å². The maximum absolute atomic E-state index is 4.23. The number of rotatable bonds is 11. The summed E-state index contributed by atoms with van der Waals surface area (Å²) >= 11 is 0. The van der Waals surface area contributed by atoms with E-state index >= 15 is 0 Å². The van der Waals surface area contributed by atoms with E-state index < -0.39 is 0 Å². The zero-order valence-corrected chi connectivity index (χ0v) is 17.0. The van der Waals surface area contributed by atoms with Gasteiger partial charge in [-0.05, 0) is 43.9 Å². The molecule has 1 N–H and O–H groups in total. The Morgan fingerprint density at radius 2 is 1.54 bits per heavy atom. The zero-order valence-electron chi connectivity index (χ0n) is 17.0. The molecule has 2 fully saturated rings. The molecule has 2 aliphatic rings. The van der Waals surface area contributed by atoms with Crippen LogP contribution in [-0.2, 0) is 0 Å². The van der Waals surface area contributed by atoms with Crippen molar-refractivity contribution >= 4 is 0 Å². The van der Waals surface area contributed by atoms with E-state index in [2.05, 4.69) is 26.1 Å². The molecule has 1 heteroatoms. The Morgan fingerprint density at radius 1 is 0.833 bits per heavy atom. The molecule has 4 atom stereocenters. The first kappa shape index (κ1) is 20.3. The second kappa shape index (κ2) is 10.8. The predicted molar refractivity (Wildman–Crippen MR) is 108 cm³/mol. The Bertz CT molecular complexity index is 326. The van der Waals surface area contributed by atoms with Crippen molar-refractivity contribution in [1.29, 1.82) is 0 Å². The van der Waals surface area contributed by atoms with Crippen LogP contribution < -0.4 is 5.32 Å². The molecule has 2 rings (SSSR count). The molecule has 142 valence electrons. The summed E-state index contributed by atoms with van der Waals surface area (Å²) in [7, 11) is 0. The quantitative estimate of drug-likeness (QED) is 0.392. The van der Waals surface area contributed by atoms with Gasteiger partial charge >= 0.3 is 0 Å². The van der Waals surface area contributed by atoms with Crippen LogP contribution in [0.3, 0.4) is 0 Å². The van der Waals surface area contributed by atoms with E-state index in [0.717, 1.165) is 17.9 Å². The third kappa shape index (κ3) is 5.75. The monoisotopic (exact) mass is 335 g/mol. The molecule has 0 aromatic rings. The van der Waals surface area contributed by atoms with E-state index in [1.165, 1.54) is 103 Å². The number of nitrogens with one attached hydrogen (secondary N) is 1. The average molecular weight is 336 g/mol. The van der Waals surface area contributed by atoms with Crippen molar-refractivity contribution in [2.45, 2.75) is 135 Å². The number of piperidine rings is 1. The topological polar surface area (TPSA) is 12.0 Å². The first-order valence-corrected chi connectivity index (χ1v) is 11.5. The van der Waals surface area contributed by atoms with Crippen molar-refractivity contribution in [1.82, 2.24) is 5.32 Å². The van der Waals surface area contributed by atoms with Crippen LogP contribution in [0.4, 0.5) is 0 Å². The van der Waals surface area contributed by atoms with E-state index in [-0.39, 0.29) is 0 Å². The normalized spacial score (nSPS) is 33.4. The Morgan fingerprint density at radius 3 is 2.25 bits per heavy atom. The maximum atomic E-state index is 4.23. The van der Waals surface area contributed by atoms with Gasteiger partial charge in [-0.25, -0.2) is 0 Å². The molecule has 0 aromatic heterocycles. The number of hydrogen-bond acceptors (Lipinski definition) is 1. The third-order valence-electron chi connectivity index (χ3n) is 7.18. The summed E-state index contributed by atoms with van der Waals surface area (Å²) in [5, 5.41) is 4.23. The summed E-state index contributed by atoms with van der Waals surface area (Å²) < 4.78 is 0. The van der Waals surface area contributed by atoms with Gasteiger partial charge in [-0.2, -0.15) is 0 Å². The second-order valence-corrected chi connectivity index (χ2v) is 8.96. The van der Waals surface area contributed by atoms with Crippen molar-refractivity contribution in [2.24, 2.45) is 11.8 Å². The van der Waals surface area contributed by atoms with Gasteiger partial charge in [0.25, 0.3) is 0 Å². The zero-order chi connectivity index (χ0) is 17.3. The van der Waals surface area contributed by atoms with Gasteiger partial charge in [-0.3, -0.25) is 0 Å². The minimum Gasteiger partial charge on any atom is -0.308 e. The van der Waals surface area contributed by atoms with Crippen molar-refractivity contribution in [3.8, 4) is 0 Å². The molecule has 0 aromatic carbocycles.